The summed E-state index contributed by atoms with van der Waals surface area (Å²) in [5.41, 5.74) is 5.08. The first-order chi connectivity index (χ1) is 10.2. The lowest BCUT2D eigenvalue weighted by atomic mass is 9.71. The van der Waals surface area contributed by atoms with Crippen LogP contribution in [0.25, 0.3) is 0 Å². The van der Waals surface area contributed by atoms with Crippen molar-refractivity contribution >= 4 is 11.7 Å². The first-order valence-electron chi connectivity index (χ1n) is 8.05. The molecule has 2 aliphatic rings. The Kier molecular flexibility index (Phi) is 5.45. The van der Waals surface area contributed by atoms with Gasteiger partial charge in [-0.2, -0.15) is 0 Å². The Morgan fingerprint density at radius 1 is 1.24 bits per heavy atom. The highest BCUT2D eigenvalue weighted by Gasteiger charge is 2.47. The van der Waals surface area contributed by atoms with Gasteiger partial charge in [-0.3, -0.25) is 4.79 Å². The predicted molar refractivity (Wildman–Crippen MR) is 80.0 cm³/mol. The van der Waals surface area contributed by atoms with Crippen molar-refractivity contribution in [2.24, 2.45) is 16.3 Å². The molecule has 2 aliphatic carbocycles. The Morgan fingerprint density at radius 3 is 2.38 bits per heavy atom. The predicted octanol–water partition coefficient (Wildman–Crippen LogP) is 1.45. The SMILES string of the molecule is NC(=NO)C1(C(=O)N(CCCO)C2CCC2)CCCCC1. The molecule has 2 fully saturated rings. The van der Waals surface area contributed by atoms with Crippen LogP contribution in [0.2, 0.25) is 0 Å². The zero-order valence-electron chi connectivity index (χ0n) is 12.6. The van der Waals surface area contributed by atoms with E-state index in [-0.39, 0.29) is 24.4 Å². The number of aliphatic hydroxyl groups is 1. The number of nitrogens with zero attached hydrogens (tertiary/aromatic N) is 2. The number of amidine groups is 1. The van der Waals surface area contributed by atoms with E-state index in [1.807, 2.05) is 4.90 Å². The summed E-state index contributed by atoms with van der Waals surface area (Å²) in [4.78, 5) is 15.0. The molecular formula is C15H27N3O3. The number of amides is 1. The number of aliphatic hydroxyl groups excluding tert-OH is 1. The monoisotopic (exact) mass is 297 g/mol. The average molecular weight is 297 g/mol. The molecule has 0 radical (unpaired) electrons. The van der Waals surface area contributed by atoms with Crippen LogP contribution in [0.1, 0.15) is 57.8 Å². The van der Waals surface area contributed by atoms with Gasteiger partial charge >= 0.3 is 0 Å². The fraction of sp³-hybridized carbons (Fsp3) is 0.867. The Bertz CT molecular complexity index is 388. The van der Waals surface area contributed by atoms with Crippen LogP contribution in [0.3, 0.4) is 0 Å². The second-order valence-corrected chi connectivity index (χ2v) is 6.29. The quantitative estimate of drug-likeness (QED) is 0.299. The van der Waals surface area contributed by atoms with Crippen molar-refractivity contribution in [1.29, 1.82) is 0 Å². The average Bonchev–Trinajstić information content (AvgIpc) is 2.48. The van der Waals surface area contributed by atoms with E-state index in [1.54, 1.807) is 0 Å². The van der Waals surface area contributed by atoms with Crippen molar-refractivity contribution in [3.05, 3.63) is 0 Å². The van der Waals surface area contributed by atoms with Crippen LogP contribution >= 0.6 is 0 Å². The second-order valence-electron chi connectivity index (χ2n) is 6.29. The third-order valence-electron chi connectivity index (χ3n) is 5.05. The van der Waals surface area contributed by atoms with E-state index >= 15 is 0 Å². The second kappa shape index (κ2) is 7.11. The van der Waals surface area contributed by atoms with Gasteiger partial charge in [0, 0.05) is 19.2 Å². The summed E-state index contributed by atoms with van der Waals surface area (Å²) in [6.45, 7) is 0.632. The summed E-state index contributed by atoms with van der Waals surface area (Å²) in [7, 11) is 0. The zero-order valence-corrected chi connectivity index (χ0v) is 12.6. The van der Waals surface area contributed by atoms with E-state index in [2.05, 4.69) is 5.16 Å². The van der Waals surface area contributed by atoms with Gasteiger partial charge in [0.2, 0.25) is 5.91 Å². The molecular weight excluding hydrogens is 270 g/mol. The number of rotatable bonds is 6. The van der Waals surface area contributed by atoms with Crippen molar-refractivity contribution in [2.75, 3.05) is 13.2 Å². The van der Waals surface area contributed by atoms with Gasteiger partial charge in [0.05, 0.1) is 0 Å². The van der Waals surface area contributed by atoms with Gasteiger partial charge in [0.25, 0.3) is 0 Å². The lowest BCUT2D eigenvalue weighted by molar-refractivity contribution is -0.144. The molecule has 4 N–H and O–H groups in total. The van der Waals surface area contributed by atoms with Crippen molar-refractivity contribution in [1.82, 2.24) is 4.90 Å². The molecule has 1 amide bonds. The van der Waals surface area contributed by atoms with Crippen LogP contribution in [0.5, 0.6) is 0 Å². The van der Waals surface area contributed by atoms with Gasteiger partial charge in [-0.1, -0.05) is 24.4 Å². The highest BCUT2D eigenvalue weighted by molar-refractivity contribution is 6.07. The normalized spacial score (nSPS) is 22.6. The number of carbonyl (C=O) groups is 1. The molecule has 0 aromatic heterocycles. The molecule has 0 aliphatic heterocycles. The molecule has 0 unspecified atom stereocenters. The van der Waals surface area contributed by atoms with E-state index < -0.39 is 5.41 Å². The molecule has 21 heavy (non-hydrogen) atoms. The summed E-state index contributed by atoms with van der Waals surface area (Å²) in [5.74, 6) is 0.0520. The number of oxime groups is 1. The van der Waals surface area contributed by atoms with E-state index in [9.17, 15) is 4.79 Å². The Balaban J connectivity index is 2.21. The van der Waals surface area contributed by atoms with Crippen LogP contribution < -0.4 is 5.73 Å². The standard InChI is InChI=1S/C15H27N3O3/c16-13(17-21)15(8-2-1-3-9-15)14(20)18(10-5-11-19)12-6-4-7-12/h12,19,21H,1-11H2,(H2,16,17). The Hall–Kier alpha value is -1.30. The summed E-state index contributed by atoms with van der Waals surface area (Å²) in [6, 6.07) is 0.259. The number of carbonyl (C=O) groups excluding carboxylic acids is 1. The third kappa shape index (κ3) is 3.15. The van der Waals surface area contributed by atoms with E-state index in [0.717, 1.165) is 38.5 Å². The number of hydrogen-bond donors (Lipinski definition) is 3. The minimum absolute atomic E-state index is 0.00403. The minimum atomic E-state index is -0.835. The molecule has 0 heterocycles. The van der Waals surface area contributed by atoms with Crippen molar-refractivity contribution in [2.45, 2.75) is 63.8 Å². The molecule has 0 atom stereocenters. The maximum absolute atomic E-state index is 13.1. The van der Waals surface area contributed by atoms with E-state index in [4.69, 9.17) is 16.0 Å². The Morgan fingerprint density at radius 2 is 1.90 bits per heavy atom. The highest BCUT2D eigenvalue weighted by atomic mass is 16.4. The fourth-order valence-electron chi connectivity index (χ4n) is 3.49. The first kappa shape index (κ1) is 16.1. The highest BCUT2D eigenvalue weighted by Crippen LogP contribution is 2.40. The van der Waals surface area contributed by atoms with Gasteiger partial charge < -0.3 is 20.9 Å². The molecule has 6 heteroatoms. The van der Waals surface area contributed by atoms with Crippen LogP contribution in [-0.2, 0) is 4.79 Å². The summed E-state index contributed by atoms with van der Waals surface area (Å²) >= 11 is 0. The molecule has 0 aromatic rings. The number of hydrogen-bond acceptors (Lipinski definition) is 4. The van der Waals surface area contributed by atoms with Gasteiger partial charge in [0.15, 0.2) is 5.84 Å². The molecule has 0 saturated heterocycles. The van der Waals surface area contributed by atoms with Gasteiger partial charge in [-0.25, -0.2) is 0 Å². The molecule has 0 bridgehead atoms. The summed E-state index contributed by atoms with van der Waals surface area (Å²) in [5, 5.41) is 21.4. The Labute approximate surface area is 126 Å². The van der Waals surface area contributed by atoms with E-state index in [0.29, 0.717) is 25.8 Å². The zero-order chi connectivity index (χ0) is 15.3. The molecule has 120 valence electrons. The third-order valence-corrected chi connectivity index (χ3v) is 5.05. The van der Waals surface area contributed by atoms with Gasteiger partial charge in [0.1, 0.15) is 5.41 Å². The summed E-state index contributed by atoms with van der Waals surface area (Å²) < 4.78 is 0. The number of nitrogens with two attached hydrogens (primary N) is 1. The van der Waals surface area contributed by atoms with Crippen LogP contribution in [-0.4, -0.2) is 46.1 Å². The maximum Gasteiger partial charge on any atom is 0.236 e. The topological polar surface area (TPSA) is 99.2 Å². The molecule has 6 nitrogen and oxygen atoms in total. The molecule has 0 spiro atoms. The molecule has 2 rings (SSSR count). The van der Waals surface area contributed by atoms with Crippen LogP contribution in [0.4, 0.5) is 0 Å². The smallest absolute Gasteiger partial charge is 0.236 e. The maximum atomic E-state index is 13.1. The van der Waals surface area contributed by atoms with E-state index in [1.165, 1.54) is 0 Å². The van der Waals surface area contributed by atoms with Crippen LogP contribution in [0, 0.1) is 5.41 Å². The van der Waals surface area contributed by atoms with Gasteiger partial charge in [-0.05, 0) is 38.5 Å². The summed E-state index contributed by atoms with van der Waals surface area (Å²) in [6.07, 6.45) is 8.02. The minimum Gasteiger partial charge on any atom is -0.409 e. The molecule has 0 aromatic carbocycles. The largest absolute Gasteiger partial charge is 0.409 e. The lowest BCUT2D eigenvalue weighted by Gasteiger charge is -2.44. The van der Waals surface area contributed by atoms with Crippen molar-refractivity contribution < 1.29 is 15.1 Å². The van der Waals surface area contributed by atoms with Crippen LogP contribution in [0.15, 0.2) is 5.16 Å². The lowest BCUT2D eigenvalue weighted by Crippen LogP contribution is -2.56. The fourth-order valence-corrected chi connectivity index (χ4v) is 3.49. The van der Waals surface area contributed by atoms with Crippen molar-refractivity contribution in [3.63, 3.8) is 0 Å². The van der Waals surface area contributed by atoms with Gasteiger partial charge in [-0.15, -0.1) is 0 Å². The van der Waals surface area contributed by atoms with Crippen molar-refractivity contribution in [3.8, 4) is 0 Å². The first-order valence-corrected chi connectivity index (χ1v) is 8.05. The molecule has 2 saturated carbocycles.